The molecule has 16 heavy (non-hydrogen) atoms. The molecule has 1 unspecified atom stereocenters. The molecule has 1 amide bonds. The minimum atomic E-state index is -0.124. The summed E-state index contributed by atoms with van der Waals surface area (Å²) in [4.78, 5) is 19.2. The zero-order chi connectivity index (χ0) is 11.8. The molecule has 0 saturated heterocycles. The molecule has 1 rings (SSSR count). The molecular weight excluding hydrogens is 226 g/mol. The van der Waals surface area contributed by atoms with E-state index in [0.29, 0.717) is 18.1 Å². The van der Waals surface area contributed by atoms with Crippen molar-refractivity contribution in [3.63, 3.8) is 0 Å². The molecule has 0 fully saturated rings. The van der Waals surface area contributed by atoms with Crippen LogP contribution in [-0.4, -0.2) is 38.6 Å². The van der Waals surface area contributed by atoms with Crippen molar-refractivity contribution in [1.29, 1.82) is 0 Å². The van der Waals surface area contributed by atoms with Gasteiger partial charge in [0.2, 0.25) is 11.9 Å². The van der Waals surface area contributed by atoms with E-state index in [1.807, 2.05) is 6.92 Å². The molecule has 0 saturated carbocycles. The van der Waals surface area contributed by atoms with Gasteiger partial charge in [-0.1, -0.05) is 6.92 Å². The summed E-state index contributed by atoms with van der Waals surface area (Å²) in [5.41, 5.74) is 0. The lowest BCUT2D eigenvalue weighted by Gasteiger charge is -2.08. The van der Waals surface area contributed by atoms with Gasteiger partial charge < -0.3 is 5.11 Å². The first-order valence-corrected chi connectivity index (χ1v) is 6.06. The number of aromatic nitrogens is 2. The smallest absolute Gasteiger partial charge is 0.236 e. The number of anilines is 1. The fraction of sp³-hybridized carbons (Fsp3) is 0.500. The van der Waals surface area contributed by atoms with Crippen molar-refractivity contribution >= 4 is 23.6 Å². The van der Waals surface area contributed by atoms with E-state index in [4.69, 9.17) is 5.11 Å². The Hall–Kier alpha value is -1.14. The van der Waals surface area contributed by atoms with Crippen molar-refractivity contribution < 1.29 is 9.90 Å². The van der Waals surface area contributed by atoms with Crippen LogP contribution in [0.2, 0.25) is 0 Å². The Morgan fingerprint density at radius 3 is 2.88 bits per heavy atom. The maximum atomic E-state index is 11.4. The zero-order valence-corrected chi connectivity index (χ0v) is 9.91. The number of aliphatic hydroxyl groups is 1. The monoisotopic (exact) mass is 241 g/mol. The first-order valence-electron chi connectivity index (χ1n) is 5.01. The van der Waals surface area contributed by atoms with Gasteiger partial charge in [-0.25, -0.2) is 9.97 Å². The van der Waals surface area contributed by atoms with E-state index in [1.165, 1.54) is 11.8 Å². The van der Waals surface area contributed by atoms with Gasteiger partial charge in [0, 0.05) is 24.3 Å². The average molecular weight is 241 g/mol. The van der Waals surface area contributed by atoms with E-state index in [1.54, 1.807) is 18.5 Å². The molecule has 6 heteroatoms. The molecule has 0 aromatic carbocycles. The molecular formula is C10H15N3O2S. The molecule has 2 N–H and O–H groups in total. The largest absolute Gasteiger partial charge is 0.396 e. The fourth-order valence-corrected chi connectivity index (χ4v) is 1.79. The number of rotatable bonds is 6. The van der Waals surface area contributed by atoms with Crippen LogP contribution < -0.4 is 5.32 Å². The average Bonchev–Trinajstić information content (AvgIpc) is 2.28. The normalized spacial score (nSPS) is 12.1. The van der Waals surface area contributed by atoms with Crippen LogP contribution in [0.15, 0.2) is 18.5 Å². The lowest BCUT2D eigenvalue weighted by Crippen LogP contribution is -2.17. The van der Waals surface area contributed by atoms with E-state index >= 15 is 0 Å². The van der Waals surface area contributed by atoms with E-state index in [2.05, 4.69) is 15.3 Å². The molecule has 0 spiro atoms. The standard InChI is InChI=1S/C10H15N3O2S/c1-8(3-6-14)16-7-9(15)13-10-11-4-2-5-12-10/h2,4-5,8,14H,3,6-7H2,1H3,(H,11,12,13,15). The van der Waals surface area contributed by atoms with Gasteiger partial charge in [-0.3, -0.25) is 10.1 Å². The molecule has 1 aromatic rings. The number of amides is 1. The van der Waals surface area contributed by atoms with Crippen LogP contribution in [0.1, 0.15) is 13.3 Å². The summed E-state index contributed by atoms with van der Waals surface area (Å²) in [6.07, 6.45) is 3.84. The van der Waals surface area contributed by atoms with Gasteiger partial charge >= 0.3 is 0 Å². The Morgan fingerprint density at radius 2 is 2.25 bits per heavy atom. The lowest BCUT2D eigenvalue weighted by molar-refractivity contribution is -0.113. The van der Waals surface area contributed by atoms with Gasteiger partial charge in [-0.05, 0) is 12.5 Å². The highest BCUT2D eigenvalue weighted by Crippen LogP contribution is 2.13. The van der Waals surface area contributed by atoms with E-state index in [9.17, 15) is 4.79 Å². The van der Waals surface area contributed by atoms with Gasteiger partial charge in [0.15, 0.2) is 0 Å². The second-order valence-corrected chi connectivity index (χ2v) is 4.68. The van der Waals surface area contributed by atoms with Crippen molar-refractivity contribution in [1.82, 2.24) is 9.97 Å². The lowest BCUT2D eigenvalue weighted by atomic mass is 10.3. The van der Waals surface area contributed by atoms with Gasteiger partial charge in [0.25, 0.3) is 0 Å². The summed E-state index contributed by atoms with van der Waals surface area (Å²) < 4.78 is 0. The molecule has 5 nitrogen and oxygen atoms in total. The molecule has 0 bridgehead atoms. The van der Waals surface area contributed by atoms with Crippen LogP contribution in [0, 0.1) is 0 Å². The van der Waals surface area contributed by atoms with Crippen LogP contribution >= 0.6 is 11.8 Å². The summed E-state index contributed by atoms with van der Waals surface area (Å²) in [6, 6.07) is 1.69. The number of nitrogens with one attached hydrogen (secondary N) is 1. The Bertz CT molecular complexity index is 321. The van der Waals surface area contributed by atoms with Crippen molar-refractivity contribution in [2.45, 2.75) is 18.6 Å². The van der Waals surface area contributed by atoms with Crippen LogP contribution in [0.5, 0.6) is 0 Å². The number of carbonyl (C=O) groups is 1. The van der Waals surface area contributed by atoms with E-state index < -0.39 is 0 Å². The third-order valence-corrected chi connectivity index (χ3v) is 3.09. The summed E-state index contributed by atoms with van der Waals surface area (Å²) in [5, 5.41) is 11.6. The Kier molecular flexibility index (Phi) is 5.81. The molecule has 0 aliphatic heterocycles. The number of thioether (sulfide) groups is 1. The summed E-state index contributed by atoms with van der Waals surface area (Å²) in [5.74, 6) is 0.545. The predicted octanol–water partition coefficient (Wildman–Crippen LogP) is 0.919. The highest BCUT2D eigenvalue weighted by atomic mass is 32.2. The van der Waals surface area contributed by atoms with E-state index in [-0.39, 0.29) is 17.8 Å². The highest BCUT2D eigenvalue weighted by molar-refractivity contribution is 8.00. The first kappa shape index (κ1) is 12.9. The maximum absolute atomic E-state index is 11.4. The van der Waals surface area contributed by atoms with Gasteiger partial charge in [-0.2, -0.15) is 0 Å². The number of aliphatic hydroxyl groups excluding tert-OH is 1. The second kappa shape index (κ2) is 7.19. The third-order valence-electron chi connectivity index (χ3n) is 1.85. The topological polar surface area (TPSA) is 75.1 Å². The van der Waals surface area contributed by atoms with Crippen molar-refractivity contribution in [2.24, 2.45) is 0 Å². The van der Waals surface area contributed by atoms with Crippen LogP contribution in [-0.2, 0) is 4.79 Å². The van der Waals surface area contributed by atoms with Crippen molar-refractivity contribution in [2.75, 3.05) is 17.7 Å². The van der Waals surface area contributed by atoms with Crippen molar-refractivity contribution in [3.05, 3.63) is 18.5 Å². The van der Waals surface area contributed by atoms with Crippen LogP contribution in [0.4, 0.5) is 5.95 Å². The Labute approximate surface area is 98.7 Å². The van der Waals surface area contributed by atoms with Gasteiger partial charge in [-0.15, -0.1) is 11.8 Å². The molecule has 0 aliphatic rings. The molecule has 88 valence electrons. The summed E-state index contributed by atoms with van der Waals surface area (Å²) >= 11 is 1.50. The van der Waals surface area contributed by atoms with Crippen LogP contribution in [0.3, 0.4) is 0 Å². The predicted molar refractivity (Wildman–Crippen MR) is 64.3 cm³/mol. The SMILES string of the molecule is CC(CCO)SCC(=O)Nc1ncccn1. The zero-order valence-electron chi connectivity index (χ0n) is 9.09. The fourth-order valence-electron chi connectivity index (χ4n) is 1.01. The molecule has 0 aliphatic carbocycles. The second-order valence-electron chi connectivity index (χ2n) is 3.25. The van der Waals surface area contributed by atoms with Gasteiger partial charge in [0.1, 0.15) is 0 Å². The van der Waals surface area contributed by atoms with Crippen molar-refractivity contribution in [3.8, 4) is 0 Å². The van der Waals surface area contributed by atoms with Crippen LogP contribution in [0.25, 0.3) is 0 Å². The number of carbonyl (C=O) groups excluding carboxylic acids is 1. The first-order chi connectivity index (χ1) is 7.72. The third kappa shape index (κ3) is 5.09. The highest BCUT2D eigenvalue weighted by Gasteiger charge is 2.07. The summed E-state index contributed by atoms with van der Waals surface area (Å²) in [7, 11) is 0. The molecule has 0 radical (unpaired) electrons. The number of hydrogen-bond acceptors (Lipinski definition) is 5. The molecule has 1 aromatic heterocycles. The Morgan fingerprint density at radius 1 is 1.56 bits per heavy atom. The molecule has 1 heterocycles. The Balaban J connectivity index is 2.26. The summed E-state index contributed by atoms with van der Waals surface area (Å²) in [6.45, 7) is 2.13. The maximum Gasteiger partial charge on any atom is 0.236 e. The minimum absolute atomic E-state index is 0.124. The quantitative estimate of drug-likeness (QED) is 0.774. The number of nitrogens with zero attached hydrogens (tertiary/aromatic N) is 2. The van der Waals surface area contributed by atoms with Gasteiger partial charge in [0.05, 0.1) is 5.75 Å². The number of hydrogen-bond donors (Lipinski definition) is 2. The van der Waals surface area contributed by atoms with E-state index in [0.717, 1.165) is 0 Å². The minimum Gasteiger partial charge on any atom is -0.396 e. The molecule has 1 atom stereocenters.